The van der Waals surface area contributed by atoms with Gasteiger partial charge in [-0.3, -0.25) is 4.98 Å². The van der Waals surface area contributed by atoms with Gasteiger partial charge in [-0.2, -0.15) is 0 Å². The zero-order chi connectivity index (χ0) is 10.7. The Bertz CT molecular complexity index is 466. The molecular formula is C9H6N2O4. The van der Waals surface area contributed by atoms with Gasteiger partial charge in [0.15, 0.2) is 5.76 Å². The normalized spacial score (nSPS) is 9.87. The van der Waals surface area contributed by atoms with Gasteiger partial charge in [0.25, 0.3) is 5.88 Å². The lowest BCUT2D eigenvalue weighted by Gasteiger charge is -1.90. The standard InChI is InChI=1S/C9H6N2O4/c12-9(13)14-8-4-7(15-11-8)6-2-1-3-10-5-6/h1-5H,(H,12,13). The Morgan fingerprint density at radius 1 is 1.53 bits per heavy atom. The van der Waals surface area contributed by atoms with Crippen LogP contribution >= 0.6 is 0 Å². The van der Waals surface area contributed by atoms with Crippen LogP contribution in [0.3, 0.4) is 0 Å². The topological polar surface area (TPSA) is 85.5 Å². The first-order chi connectivity index (χ1) is 7.25. The van der Waals surface area contributed by atoms with Crippen LogP contribution in [0, 0.1) is 0 Å². The summed E-state index contributed by atoms with van der Waals surface area (Å²) in [4.78, 5) is 14.1. The fourth-order valence-electron chi connectivity index (χ4n) is 1.04. The first-order valence-electron chi connectivity index (χ1n) is 4.03. The Morgan fingerprint density at radius 2 is 2.40 bits per heavy atom. The van der Waals surface area contributed by atoms with Crippen molar-refractivity contribution in [3.63, 3.8) is 0 Å². The molecular weight excluding hydrogens is 200 g/mol. The van der Waals surface area contributed by atoms with Gasteiger partial charge in [0.2, 0.25) is 0 Å². The Hall–Kier alpha value is -2.37. The highest BCUT2D eigenvalue weighted by atomic mass is 16.7. The van der Waals surface area contributed by atoms with Crippen LogP contribution < -0.4 is 4.74 Å². The maximum atomic E-state index is 10.2. The summed E-state index contributed by atoms with van der Waals surface area (Å²) in [5.41, 5.74) is 0.699. The van der Waals surface area contributed by atoms with Crippen LogP contribution in [0.2, 0.25) is 0 Å². The molecule has 0 radical (unpaired) electrons. The number of nitrogens with zero attached hydrogens (tertiary/aromatic N) is 2. The highest BCUT2D eigenvalue weighted by Crippen LogP contribution is 2.22. The van der Waals surface area contributed by atoms with Crippen molar-refractivity contribution in [2.75, 3.05) is 0 Å². The first kappa shape index (κ1) is 9.20. The van der Waals surface area contributed by atoms with Gasteiger partial charge in [-0.05, 0) is 17.3 Å². The lowest BCUT2D eigenvalue weighted by molar-refractivity contribution is 0.140. The van der Waals surface area contributed by atoms with Gasteiger partial charge in [-0.15, -0.1) is 0 Å². The number of aromatic nitrogens is 2. The minimum absolute atomic E-state index is 0.0960. The minimum atomic E-state index is -1.43. The molecule has 0 saturated carbocycles. The number of carbonyl (C=O) groups is 1. The summed E-state index contributed by atoms with van der Waals surface area (Å²) in [6.07, 6.45) is 1.76. The van der Waals surface area contributed by atoms with Crippen LogP contribution in [-0.4, -0.2) is 21.4 Å². The van der Waals surface area contributed by atoms with Crippen LogP contribution in [0.1, 0.15) is 0 Å². The molecule has 0 fully saturated rings. The summed E-state index contributed by atoms with van der Waals surface area (Å²) in [6, 6.07) is 4.87. The molecule has 0 aliphatic heterocycles. The second-order valence-corrected chi connectivity index (χ2v) is 2.64. The van der Waals surface area contributed by atoms with Crippen LogP contribution in [0.4, 0.5) is 4.79 Å². The molecule has 2 aromatic rings. The van der Waals surface area contributed by atoms with Crippen LogP contribution in [0.25, 0.3) is 11.3 Å². The van der Waals surface area contributed by atoms with E-state index in [2.05, 4.69) is 14.9 Å². The van der Waals surface area contributed by atoms with Crippen molar-refractivity contribution in [2.45, 2.75) is 0 Å². The number of pyridine rings is 1. The lowest BCUT2D eigenvalue weighted by atomic mass is 10.2. The van der Waals surface area contributed by atoms with E-state index < -0.39 is 6.16 Å². The fourth-order valence-corrected chi connectivity index (χ4v) is 1.04. The molecule has 6 nitrogen and oxygen atoms in total. The highest BCUT2D eigenvalue weighted by Gasteiger charge is 2.09. The zero-order valence-electron chi connectivity index (χ0n) is 7.45. The maximum Gasteiger partial charge on any atom is 0.512 e. The molecule has 0 spiro atoms. The molecule has 0 unspecified atom stereocenters. The summed E-state index contributed by atoms with van der Waals surface area (Å²) in [5, 5.41) is 11.8. The minimum Gasteiger partial charge on any atom is -0.449 e. The molecule has 76 valence electrons. The van der Waals surface area contributed by atoms with E-state index in [1.54, 1.807) is 24.5 Å². The van der Waals surface area contributed by atoms with Gasteiger partial charge < -0.3 is 14.4 Å². The molecule has 0 saturated heterocycles. The molecule has 6 heteroatoms. The molecule has 0 aliphatic carbocycles. The molecule has 0 atom stereocenters. The van der Waals surface area contributed by atoms with Gasteiger partial charge in [-0.25, -0.2) is 4.79 Å². The molecule has 2 aromatic heterocycles. The van der Waals surface area contributed by atoms with E-state index in [9.17, 15) is 4.79 Å². The maximum absolute atomic E-state index is 10.2. The molecule has 1 N–H and O–H groups in total. The van der Waals surface area contributed by atoms with E-state index in [0.717, 1.165) is 0 Å². The van der Waals surface area contributed by atoms with Gasteiger partial charge in [0, 0.05) is 18.0 Å². The fraction of sp³-hybridized carbons (Fsp3) is 0. The van der Waals surface area contributed by atoms with Crippen molar-refractivity contribution in [1.82, 2.24) is 10.1 Å². The number of hydrogen-bond donors (Lipinski definition) is 1. The molecule has 0 aliphatic rings. The Labute approximate surface area is 84.1 Å². The largest absolute Gasteiger partial charge is 0.512 e. The number of hydrogen-bond acceptors (Lipinski definition) is 5. The second kappa shape index (κ2) is 3.79. The summed E-state index contributed by atoms with van der Waals surface area (Å²) in [5.74, 6) is 0.306. The van der Waals surface area contributed by atoms with E-state index in [4.69, 9.17) is 9.63 Å². The zero-order valence-corrected chi connectivity index (χ0v) is 7.45. The van der Waals surface area contributed by atoms with Gasteiger partial charge in [-0.1, -0.05) is 0 Å². The monoisotopic (exact) mass is 206 g/mol. The Morgan fingerprint density at radius 3 is 3.07 bits per heavy atom. The molecule has 2 heterocycles. The molecule has 0 amide bonds. The summed E-state index contributed by atoms with van der Waals surface area (Å²) in [7, 11) is 0. The smallest absolute Gasteiger partial charge is 0.449 e. The van der Waals surface area contributed by atoms with E-state index in [0.29, 0.717) is 11.3 Å². The molecule has 0 aromatic carbocycles. The van der Waals surface area contributed by atoms with E-state index in [1.165, 1.54) is 6.07 Å². The summed E-state index contributed by atoms with van der Waals surface area (Å²) < 4.78 is 9.18. The number of ether oxygens (including phenoxy) is 1. The van der Waals surface area contributed by atoms with E-state index in [1.807, 2.05) is 0 Å². The van der Waals surface area contributed by atoms with Crippen molar-refractivity contribution in [3.05, 3.63) is 30.6 Å². The SMILES string of the molecule is O=C(O)Oc1cc(-c2cccnc2)on1. The molecule has 15 heavy (non-hydrogen) atoms. The number of carboxylic acid groups (broad SMARTS) is 1. The molecule has 2 rings (SSSR count). The summed E-state index contributed by atoms with van der Waals surface area (Å²) >= 11 is 0. The van der Waals surface area contributed by atoms with Crippen molar-refractivity contribution < 1.29 is 19.2 Å². The second-order valence-electron chi connectivity index (χ2n) is 2.64. The first-order valence-corrected chi connectivity index (χ1v) is 4.03. The highest BCUT2D eigenvalue weighted by molar-refractivity contribution is 5.62. The number of rotatable bonds is 2. The van der Waals surface area contributed by atoms with E-state index >= 15 is 0 Å². The van der Waals surface area contributed by atoms with Crippen molar-refractivity contribution in [3.8, 4) is 17.2 Å². The van der Waals surface area contributed by atoms with Gasteiger partial charge >= 0.3 is 6.16 Å². The predicted molar refractivity (Wildman–Crippen MR) is 48.4 cm³/mol. The van der Waals surface area contributed by atoms with Gasteiger partial charge in [0.1, 0.15) is 0 Å². The average molecular weight is 206 g/mol. The van der Waals surface area contributed by atoms with Crippen molar-refractivity contribution >= 4 is 6.16 Å². The van der Waals surface area contributed by atoms with Crippen molar-refractivity contribution in [2.24, 2.45) is 0 Å². The Balaban J connectivity index is 2.24. The third kappa shape index (κ3) is 2.11. The van der Waals surface area contributed by atoms with Gasteiger partial charge in [0.05, 0.1) is 6.07 Å². The van der Waals surface area contributed by atoms with Crippen LogP contribution in [-0.2, 0) is 0 Å². The predicted octanol–water partition coefficient (Wildman–Crippen LogP) is 1.79. The quantitative estimate of drug-likeness (QED) is 0.754. The third-order valence-corrected chi connectivity index (χ3v) is 1.63. The Kier molecular flexibility index (Phi) is 2.32. The average Bonchev–Trinajstić information content (AvgIpc) is 2.67. The van der Waals surface area contributed by atoms with Crippen LogP contribution in [0.5, 0.6) is 5.88 Å². The van der Waals surface area contributed by atoms with Crippen molar-refractivity contribution in [1.29, 1.82) is 0 Å². The third-order valence-electron chi connectivity index (χ3n) is 1.63. The van der Waals surface area contributed by atoms with E-state index in [-0.39, 0.29) is 5.88 Å². The molecule has 0 bridgehead atoms. The summed E-state index contributed by atoms with van der Waals surface area (Å²) in [6.45, 7) is 0. The lowest BCUT2D eigenvalue weighted by Crippen LogP contribution is -2.02. The van der Waals surface area contributed by atoms with Crippen LogP contribution in [0.15, 0.2) is 35.1 Å².